The standard InChI is InChI=1S/C34H43N3O5S/c1-24-14-18-32(19-15-24)43(40,41)37(30-17-16-25(2)26(3)20-30)23-33(38)36(22-28-10-9-13-31(21-28)42-5)27(4)34(39)35-29-11-7-6-8-12-29/h9-10,13-21,27,29H,6-8,11-12,22-23H2,1-5H3,(H,35,39)/t27-/m0/s1. The van der Waals surface area contributed by atoms with Gasteiger partial charge in [-0.3, -0.25) is 13.9 Å². The van der Waals surface area contributed by atoms with Crippen LogP contribution in [0, 0.1) is 20.8 Å². The van der Waals surface area contributed by atoms with Gasteiger partial charge in [-0.25, -0.2) is 8.42 Å². The van der Waals surface area contributed by atoms with Crippen molar-refractivity contribution in [3.63, 3.8) is 0 Å². The van der Waals surface area contributed by atoms with E-state index in [0.717, 1.165) is 58.7 Å². The highest BCUT2D eigenvalue weighted by molar-refractivity contribution is 7.92. The molecule has 0 aromatic heterocycles. The first-order valence-corrected chi connectivity index (χ1v) is 16.3. The van der Waals surface area contributed by atoms with Crippen LogP contribution in [0.1, 0.15) is 61.3 Å². The van der Waals surface area contributed by atoms with Gasteiger partial charge < -0.3 is 15.0 Å². The van der Waals surface area contributed by atoms with Crippen LogP contribution < -0.4 is 14.4 Å². The maximum Gasteiger partial charge on any atom is 0.264 e. The molecule has 1 fully saturated rings. The summed E-state index contributed by atoms with van der Waals surface area (Å²) >= 11 is 0. The fourth-order valence-electron chi connectivity index (χ4n) is 5.37. The molecular formula is C34H43N3O5S. The van der Waals surface area contributed by atoms with Crippen molar-refractivity contribution in [1.29, 1.82) is 0 Å². The molecule has 1 N–H and O–H groups in total. The first kappa shape index (κ1) is 32.1. The molecule has 230 valence electrons. The number of rotatable bonds is 11. The molecule has 0 aliphatic heterocycles. The Balaban J connectivity index is 1.70. The average molecular weight is 606 g/mol. The largest absolute Gasteiger partial charge is 0.497 e. The summed E-state index contributed by atoms with van der Waals surface area (Å²) in [6.45, 7) is 7.09. The minimum atomic E-state index is -4.12. The van der Waals surface area contributed by atoms with Crippen LogP contribution in [0.15, 0.2) is 71.6 Å². The third kappa shape index (κ3) is 7.96. The molecule has 0 bridgehead atoms. The zero-order valence-corrected chi connectivity index (χ0v) is 26.6. The number of benzene rings is 3. The second kappa shape index (κ2) is 14.1. The molecule has 2 amide bonds. The molecule has 3 aromatic rings. The number of nitrogens with zero attached hydrogens (tertiary/aromatic N) is 2. The maximum absolute atomic E-state index is 14.2. The van der Waals surface area contributed by atoms with Crippen LogP contribution in [0.3, 0.4) is 0 Å². The summed E-state index contributed by atoms with van der Waals surface area (Å²) in [5.41, 5.74) is 4.00. The third-order valence-corrected chi connectivity index (χ3v) is 10.1. The lowest BCUT2D eigenvalue weighted by atomic mass is 9.95. The monoisotopic (exact) mass is 605 g/mol. The smallest absolute Gasteiger partial charge is 0.264 e. The Kier molecular flexibility index (Phi) is 10.5. The van der Waals surface area contributed by atoms with E-state index in [-0.39, 0.29) is 23.4 Å². The lowest BCUT2D eigenvalue weighted by Crippen LogP contribution is -2.53. The summed E-state index contributed by atoms with van der Waals surface area (Å²) in [6, 6.07) is 18.5. The number of methoxy groups -OCH3 is 1. The summed E-state index contributed by atoms with van der Waals surface area (Å²) in [6.07, 6.45) is 5.11. The zero-order chi connectivity index (χ0) is 31.1. The first-order valence-electron chi connectivity index (χ1n) is 14.9. The van der Waals surface area contributed by atoms with Crippen molar-refractivity contribution in [2.24, 2.45) is 0 Å². The Bertz CT molecular complexity index is 1530. The molecule has 1 aliphatic carbocycles. The number of aryl methyl sites for hydroxylation is 3. The van der Waals surface area contributed by atoms with Crippen molar-refractivity contribution in [3.8, 4) is 5.75 Å². The van der Waals surface area contributed by atoms with E-state index >= 15 is 0 Å². The van der Waals surface area contributed by atoms with Gasteiger partial charge in [-0.15, -0.1) is 0 Å². The summed E-state index contributed by atoms with van der Waals surface area (Å²) in [5, 5.41) is 3.13. The van der Waals surface area contributed by atoms with Crippen LogP contribution in [0.2, 0.25) is 0 Å². The molecule has 4 rings (SSSR count). The van der Waals surface area contributed by atoms with Crippen LogP contribution in [0.4, 0.5) is 5.69 Å². The topological polar surface area (TPSA) is 96.0 Å². The van der Waals surface area contributed by atoms with E-state index in [1.807, 2.05) is 51.1 Å². The quantitative estimate of drug-likeness (QED) is 0.303. The minimum absolute atomic E-state index is 0.0754. The Morgan fingerprint density at radius 3 is 2.28 bits per heavy atom. The van der Waals surface area contributed by atoms with Crippen LogP contribution in [0.5, 0.6) is 5.75 Å². The van der Waals surface area contributed by atoms with Crippen LogP contribution >= 0.6 is 0 Å². The van der Waals surface area contributed by atoms with E-state index in [0.29, 0.717) is 11.4 Å². The third-order valence-electron chi connectivity index (χ3n) is 8.27. The normalized spacial score (nSPS) is 14.5. The SMILES string of the molecule is COc1cccc(CN(C(=O)CN(c2ccc(C)c(C)c2)S(=O)(=O)c2ccc(C)cc2)[C@@H](C)C(=O)NC2CCCCC2)c1. The highest BCUT2D eigenvalue weighted by atomic mass is 32.2. The van der Waals surface area contributed by atoms with E-state index < -0.39 is 28.5 Å². The molecule has 0 unspecified atom stereocenters. The van der Waals surface area contributed by atoms with E-state index in [1.54, 1.807) is 50.4 Å². The van der Waals surface area contributed by atoms with Crippen molar-refractivity contribution < 1.29 is 22.7 Å². The predicted octanol–water partition coefficient (Wildman–Crippen LogP) is 5.68. The van der Waals surface area contributed by atoms with Crippen molar-refractivity contribution in [1.82, 2.24) is 10.2 Å². The number of sulfonamides is 1. The number of hydrogen-bond donors (Lipinski definition) is 1. The molecule has 0 spiro atoms. The maximum atomic E-state index is 14.2. The van der Waals surface area contributed by atoms with Gasteiger partial charge in [0, 0.05) is 12.6 Å². The van der Waals surface area contributed by atoms with Gasteiger partial charge in [-0.2, -0.15) is 0 Å². The zero-order valence-electron chi connectivity index (χ0n) is 25.8. The molecule has 8 nitrogen and oxygen atoms in total. The number of nitrogens with one attached hydrogen (secondary N) is 1. The fraction of sp³-hybridized carbons (Fsp3) is 0.412. The molecule has 1 saturated carbocycles. The fourth-order valence-corrected chi connectivity index (χ4v) is 6.77. The van der Waals surface area contributed by atoms with E-state index in [2.05, 4.69) is 5.32 Å². The molecule has 0 radical (unpaired) electrons. The minimum Gasteiger partial charge on any atom is -0.497 e. The van der Waals surface area contributed by atoms with E-state index in [4.69, 9.17) is 4.74 Å². The van der Waals surface area contributed by atoms with Crippen LogP contribution in [0.25, 0.3) is 0 Å². The number of carbonyl (C=O) groups is 2. The molecule has 3 aromatic carbocycles. The second-order valence-corrected chi connectivity index (χ2v) is 13.3. The molecule has 9 heteroatoms. The van der Waals surface area contributed by atoms with Gasteiger partial charge in [0.1, 0.15) is 18.3 Å². The number of carbonyl (C=O) groups excluding carboxylic acids is 2. The predicted molar refractivity (Wildman–Crippen MR) is 170 cm³/mol. The van der Waals surface area contributed by atoms with Crippen LogP contribution in [-0.4, -0.2) is 50.9 Å². The highest BCUT2D eigenvalue weighted by Crippen LogP contribution is 2.27. The number of anilines is 1. The molecule has 43 heavy (non-hydrogen) atoms. The van der Waals surface area contributed by atoms with Crippen molar-refractivity contribution in [2.45, 2.75) is 83.3 Å². The van der Waals surface area contributed by atoms with E-state index in [9.17, 15) is 18.0 Å². The van der Waals surface area contributed by atoms with Gasteiger partial charge in [-0.05, 0) is 93.6 Å². The number of amides is 2. The first-order chi connectivity index (χ1) is 20.5. The molecule has 1 atom stereocenters. The average Bonchev–Trinajstić information content (AvgIpc) is 3.00. The van der Waals surface area contributed by atoms with Gasteiger partial charge in [0.2, 0.25) is 11.8 Å². The summed E-state index contributed by atoms with van der Waals surface area (Å²) in [4.78, 5) is 29.3. The van der Waals surface area contributed by atoms with Gasteiger partial charge in [0.25, 0.3) is 10.0 Å². The van der Waals surface area contributed by atoms with Gasteiger partial charge in [-0.1, -0.05) is 55.2 Å². The molecular weight excluding hydrogens is 562 g/mol. The van der Waals surface area contributed by atoms with Gasteiger partial charge >= 0.3 is 0 Å². The lowest BCUT2D eigenvalue weighted by Gasteiger charge is -2.33. The molecule has 0 saturated heterocycles. The highest BCUT2D eigenvalue weighted by Gasteiger charge is 2.33. The Morgan fingerprint density at radius 2 is 1.63 bits per heavy atom. The van der Waals surface area contributed by atoms with Crippen LogP contribution in [-0.2, 0) is 26.2 Å². The molecule has 0 heterocycles. The number of hydrogen-bond acceptors (Lipinski definition) is 5. The second-order valence-electron chi connectivity index (χ2n) is 11.5. The number of ether oxygens (including phenoxy) is 1. The van der Waals surface area contributed by atoms with E-state index in [1.165, 1.54) is 4.90 Å². The van der Waals surface area contributed by atoms with Crippen molar-refractivity contribution in [3.05, 3.63) is 89.0 Å². The van der Waals surface area contributed by atoms with Gasteiger partial charge in [0.15, 0.2) is 0 Å². The van der Waals surface area contributed by atoms with Crippen molar-refractivity contribution >= 4 is 27.5 Å². The van der Waals surface area contributed by atoms with Gasteiger partial charge in [0.05, 0.1) is 17.7 Å². The Labute approximate surface area is 256 Å². The summed E-state index contributed by atoms with van der Waals surface area (Å²) < 4.78 is 34.7. The summed E-state index contributed by atoms with van der Waals surface area (Å²) in [7, 11) is -2.55. The lowest BCUT2D eigenvalue weighted by molar-refractivity contribution is -0.139. The van der Waals surface area contributed by atoms with Crippen molar-refractivity contribution in [2.75, 3.05) is 18.0 Å². The molecule has 1 aliphatic rings. The summed E-state index contributed by atoms with van der Waals surface area (Å²) in [5.74, 6) is -0.104. The Morgan fingerprint density at radius 1 is 0.930 bits per heavy atom. The Hall–Kier alpha value is -3.85.